The molecule has 0 aliphatic rings. The lowest BCUT2D eigenvalue weighted by molar-refractivity contribution is 0.904. The molecule has 2 aromatic rings. The van der Waals surface area contributed by atoms with E-state index in [-0.39, 0.29) is 0 Å². The van der Waals surface area contributed by atoms with E-state index >= 15 is 0 Å². The van der Waals surface area contributed by atoms with Crippen LogP contribution in [0, 0.1) is 13.8 Å². The summed E-state index contributed by atoms with van der Waals surface area (Å²) in [6.07, 6.45) is 1.53. The topological polar surface area (TPSA) is 56.2 Å². The number of pyridine rings is 1. The number of hydrogen-bond donors (Lipinski definition) is 1. The average Bonchev–Trinajstić information content (AvgIpc) is 2.48. The van der Waals surface area contributed by atoms with Gasteiger partial charge in [0.05, 0.1) is 0 Å². The fourth-order valence-electron chi connectivity index (χ4n) is 1.22. The van der Waals surface area contributed by atoms with E-state index in [1.54, 1.807) is 4.52 Å². The number of nitrogens with zero attached hydrogens (tertiary/aromatic N) is 3. The molecule has 0 fully saturated rings. The molecule has 0 aromatic carbocycles. The molecule has 0 spiro atoms. The van der Waals surface area contributed by atoms with E-state index in [9.17, 15) is 0 Å². The van der Waals surface area contributed by atoms with Crippen LogP contribution < -0.4 is 5.73 Å². The number of hydrogen-bond acceptors (Lipinski definition) is 3. The summed E-state index contributed by atoms with van der Waals surface area (Å²) in [4.78, 5) is 4.05. The molecule has 12 heavy (non-hydrogen) atoms. The van der Waals surface area contributed by atoms with Crippen LogP contribution >= 0.6 is 0 Å². The molecule has 0 saturated carbocycles. The van der Waals surface area contributed by atoms with Gasteiger partial charge in [-0.3, -0.25) is 0 Å². The first kappa shape index (κ1) is 7.09. The Morgan fingerprint density at radius 3 is 2.92 bits per heavy atom. The normalized spacial score (nSPS) is 10.8. The first-order valence-corrected chi connectivity index (χ1v) is 3.75. The second-order valence-corrected chi connectivity index (χ2v) is 2.84. The second kappa shape index (κ2) is 2.20. The van der Waals surface area contributed by atoms with E-state index < -0.39 is 0 Å². The molecule has 2 heterocycles. The van der Waals surface area contributed by atoms with Crippen LogP contribution in [-0.2, 0) is 0 Å². The van der Waals surface area contributed by atoms with Gasteiger partial charge in [-0.1, -0.05) is 0 Å². The highest BCUT2D eigenvalue weighted by molar-refractivity contribution is 5.57. The molecule has 0 amide bonds. The Balaban J connectivity index is 2.94. The Morgan fingerprint density at radius 2 is 2.17 bits per heavy atom. The van der Waals surface area contributed by atoms with E-state index in [4.69, 9.17) is 5.73 Å². The summed E-state index contributed by atoms with van der Waals surface area (Å²) in [5.41, 5.74) is 9.44. The average molecular weight is 162 g/mol. The molecule has 0 unspecified atom stereocenters. The molecule has 0 aliphatic heterocycles. The van der Waals surface area contributed by atoms with Crippen molar-refractivity contribution in [3.63, 3.8) is 0 Å². The van der Waals surface area contributed by atoms with Crippen LogP contribution in [0.1, 0.15) is 11.3 Å². The van der Waals surface area contributed by atoms with Gasteiger partial charge in [-0.15, -0.1) is 0 Å². The molecule has 0 radical (unpaired) electrons. The third-order valence-electron chi connectivity index (χ3n) is 2.15. The van der Waals surface area contributed by atoms with Crippen molar-refractivity contribution in [2.24, 2.45) is 0 Å². The van der Waals surface area contributed by atoms with Crippen molar-refractivity contribution in [2.45, 2.75) is 13.8 Å². The molecular formula is C8H10N4. The number of rotatable bonds is 0. The molecule has 62 valence electrons. The van der Waals surface area contributed by atoms with E-state index in [1.807, 2.05) is 19.9 Å². The van der Waals surface area contributed by atoms with Crippen molar-refractivity contribution < 1.29 is 0 Å². The summed E-state index contributed by atoms with van der Waals surface area (Å²) >= 11 is 0. The smallest absolute Gasteiger partial charge is 0.157 e. The van der Waals surface area contributed by atoms with Gasteiger partial charge < -0.3 is 5.73 Å². The van der Waals surface area contributed by atoms with Crippen molar-refractivity contribution in [3.8, 4) is 0 Å². The fraction of sp³-hybridized carbons (Fsp3) is 0.250. The van der Waals surface area contributed by atoms with Crippen molar-refractivity contribution in [1.29, 1.82) is 0 Å². The van der Waals surface area contributed by atoms with Crippen molar-refractivity contribution in [3.05, 3.63) is 23.7 Å². The van der Waals surface area contributed by atoms with Crippen molar-refractivity contribution >= 4 is 11.3 Å². The van der Waals surface area contributed by atoms with Gasteiger partial charge in [0, 0.05) is 17.4 Å². The number of nitrogens with two attached hydrogens (primary N) is 1. The maximum absolute atomic E-state index is 5.76. The summed E-state index contributed by atoms with van der Waals surface area (Å²) in [5, 5.41) is 4.07. The summed E-state index contributed by atoms with van der Waals surface area (Å²) < 4.78 is 1.78. The largest absolute Gasteiger partial charge is 0.398 e. The summed E-state index contributed by atoms with van der Waals surface area (Å²) in [5.74, 6) is 0. The predicted molar refractivity (Wildman–Crippen MR) is 46.9 cm³/mol. The number of nitrogen functional groups attached to an aromatic ring is 1. The van der Waals surface area contributed by atoms with E-state index in [2.05, 4.69) is 10.1 Å². The maximum atomic E-state index is 5.76. The Kier molecular flexibility index (Phi) is 1.30. The quantitative estimate of drug-likeness (QED) is 0.627. The molecular weight excluding hydrogens is 152 g/mol. The van der Waals surface area contributed by atoms with Crippen molar-refractivity contribution in [1.82, 2.24) is 14.6 Å². The van der Waals surface area contributed by atoms with Gasteiger partial charge >= 0.3 is 0 Å². The summed E-state index contributed by atoms with van der Waals surface area (Å²) in [6, 6.07) is 1.83. The fourth-order valence-corrected chi connectivity index (χ4v) is 1.22. The molecule has 4 nitrogen and oxygen atoms in total. The van der Waals surface area contributed by atoms with E-state index in [0.29, 0.717) is 0 Å². The van der Waals surface area contributed by atoms with Crippen LogP contribution in [0.3, 0.4) is 0 Å². The van der Waals surface area contributed by atoms with Gasteiger partial charge in [0.1, 0.15) is 6.33 Å². The monoisotopic (exact) mass is 162 g/mol. The third-order valence-corrected chi connectivity index (χ3v) is 2.15. The standard InChI is InChI=1S/C8H10N4/c1-5-6(2)12-8(3-7(5)9)10-4-11-12/h3-4H,9H2,1-2H3. The highest BCUT2D eigenvalue weighted by Gasteiger charge is 2.04. The highest BCUT2D eigenvalue weighted by atomic mass is 15.3. The molecule has 0 atom stereocenters. The Labute approximate surface area is 70.0 Å². The van der Waals surface area contributed by atoms with Gasteiger partial charge in [-0.2, -0.15) is 5.10 Å². The van der Waals surface area contributed by atoms with Crippen LogP contribution in [0.15, 0.2) is 12.4 Å². The lowest BCUT2D eigenvalue weighted by Gasteiger charge is -2.05. The SMILES string of the molecule is Cc1c(N)cc2ncnn2c1C. The molecule has 2 aromatic heterocycles. The first-order chi connectivity index (χ1) is 5.70. The van der Waals surface area contributed by atoms with Gasteiger partial charge in [0.2, 0.25) is 0 Å². The predicted octanol–water partition coefficient (Wildman–Crippen LogP) is 0.928. The van der Waals surface area contributed by atoms with Crippen LogP contribution in [0.2, 0.25) is 0 Å². The number of aryl methyl sites for hydroxylation is 1. The molecule has 0 bridgehead atoms. The van der Waals surface area contributed by atoms with Gasteiger partial charge in [-0.05, 0) is 19.4 Å². The number of aromatic nitrogens is 3. The molecule has 0 saturated heterocycles. The second-order valence-electron chi connectivity index (χ2n) is 2.84. The Hall–Kier alpha value is -1.58. The minimum atomic E-state index is 0.771. The summed E-state index contributed by atoms with van der Waals surface area (Å²) in [6.45, 7) is 3.96. The number of anilines is 1. The zero-order valence-electron chi connectivity index (χ0n) is 7.07. The lowest BCUT2D eigenvalue weighted by atomic mass is 10.2. The van der Waals surface area contributed by atoms with Gasteiger partial charge in [0.25, 0.3) is 0 Å². The third kappa shape index (κ3) is 0.777. The Morgan fingerprint density at radius 1 is 1.42 bits per heavy atom. The van der Waals surface area contributed by atoms with Crippen molar-refractivity contribution in [2.75, 3.05) is 5.73 Å². The lowest BCUT2D eigenvalue weighted by Crippen LogP contribution is -2.00. The van der Waals surface area contributed by atoms with Gasteiger partial charge in [0.15, 0.2) is 5.65 Å². The van der Waals surface area contributed by atoms with Gasteiger partial charge in [-0.25, -0.2) is 9.50 Å². The molecule has 2 N–H and O–H groups in total. The zero-order chi connectivity index (χ0) is 8.72. The maximum Gasteiger partial charge on any atom is 0.157 e. The van der Waals surface area contributed by atoms with Crippen LogP contribution in [0.25, 0.3) is 5.65 Å². The first-order valence-electron chi connectivity index (χ1n) is 3.75. The highest BCUT2D eigenvalue weighted by Crippen LogP contribution is 2.16. The zero-order valence-corrected chi connectivity index (χ0v) is 7.07. The molecule has 2 rings (SSSR count). The van der Waals surface area contributed by atoms with Crippen LogP contribution in [0.5, 0.6) is 0 Å². The summed E-state index contributed by atoms with van der Waals surface area (Å²) in [7, 11) is 0. The molecule has 0 aliphatic carbocycles. The van der Waals surface area contributed by atoms with Crippen LogP contribution in [-0.4, -0.2) is 14.6 Å². The van der Waals surface area contributed by atoms with E-state index in [1.165, 1.54) is 6.33 Å². The van der Waals surface area contributed by atoms with E-state index in [0.717, 1.165) is 22.6 Å². The minimum Gasteiger partial charge on any atom is -0.398 e. The Bertz CT molecular complexity index is 430. The number of fused-ring (bicyclic) bond motifs is 1. The minimum absolute atomic E-state index is 0.771. The molecule has 4 heteroatoms. The van der Waals surface area contributed by atoms with Crippen LogP contribution in [0.4, 0.5) is 5.69 Å².